The second-order valence-electron chi connectivity index (χ2n) is 11.2. The molecule has 4 aliphatic rings. The second-order valence-corrected chi connectivity index (χ2v) is 11.2. The number of nitrogens with one attached hydrogen (secondary N) is 1. The molecule has 0 radical (unpaired) electrons. The number of hydrogen-bond acceptors (Lipinski definition) is 7. The minimum absolute atomic E-state index is 0.0777. The molecular weight excluding hydrogens is 488 g/mol. The first-order chi connectivity index (χ1) is 19.1. The number of ether oxygens (including phenoxy) is 1. The van der Waals surface area contributed by atoms with Gasteiger partial charge in [0.2, 0.25) is 5.91 Å². The number of piperidine rings is 1. The molecule has 204 valence electrons. The number of carbonyl (C=O) groups is 1. The van der Waals surface area contributed by atoms with Gasteiger partial charge in [-0.3, -0.25) is 9.69 Å². The van der Waals surface area contributed by atoms with E-state index in [0.717, 1.165) is 54.9 Å². The zero-order valence-electron chi connectivity index (χ0n) is 22.4. The number of fused-ring (bicyclic) bond motifs is 1. The van der Waals surface area contributed by atoms with Crippen LogP contribution in [0, 0.1) is 11.8 Å². The normalized spacial score (nSPS) is 26.3. The van der Waals surface area contributed by atoms with Crippen LogP contribution in [0.2, 0.25) is 0 Å². The Morgan fingerprint density at radius 2 is 1.87 bits per heavy atom. The standard InChI is InChI=1S/C31H38N6O2/c32-30-29-27(24-10-7-11-26(16-24)39-20-22-8-3-1-4-9-22)18-37(31(29)35-21-34-30)25-14-23(15-25)17-33-28(38)19-36-12-5-2-6-13-36/h1,3-4,7-11,16,18,21,23,25,29,31H,2,5-6,12-15,17,19-20H2,(H,33,38)(H2,32,34,35)/t23-,25-,29?,31?. The summed E-state index contributed by atoms with van der Waals surface area (Å²) < 4.78 is 6.10. The van der Waals surface area contributed by atoms with Gasteiger partial charge in [-0.05, 0) is 73.5 Å². The Balaban J connectivity index is 1.08. The molecule has 3 aliphatic heterocycles. The molecule has 1 amide bonds. The lowest BCUT2D eigenvalue weighted by molar-refractivity contribution is -0.122. The van der Waals surface area contributed by atoms with E-state index in [0.29, 0.717) is 30.9 Å². The zero-order chi connectivity index (χ0) is 26.6. The SMILES string of the molecule is NC1=NC=NC2C1C(c1cccc(OCc3ccccc3)c1)=CN2[C@H]1C[C@H](CNC(=O)CN2CCCCC2)C1. The number of hydrogen-bond donors (Lipinski definition) is 2. The van der Waals surface area contributed by atoms with Gasteiger partial charge in [0.15, 0.2) is 0 Å². The summed E-state index contributed by atoms with van der Waals surface area (Å²) in [5, 5.41) is 3.17. The van der Waals surface area contributed by atoms with E-state index >= 15 is 0 Å². The third kappa shape index (κ3) is 5.86. The smallest absolute Gasteiger partial charge is 0.234 e. The van der Waals surface area contributed by atoms with Crippen LogP contribution >= 0.6 is 0 Å². The fourth-order valence-electron chi connectivity index (χ4n) is 6.20. The predicted molar refractivity (Wildman–Crippen MR) is 154 cm³/mol. The Morgan fingerprint density at radius 3 is 2.69 bits per heavy atom. The van der Waals surface area contributed by atoms with Gasteiger partial charge in [-0.2, -0.15) is 0 Å². The molecule has 0 bridgehead atoms. The lowest BCUT2D eigenvalue weighted by Crippen LogP contribution is -2.51. The first-order valence-electron chi connectivity index (χ1n) is 14.2. The van der Waals surface area contributed by atoms with Gasteiger partial charge in [-0.25, -0.2) is 9.98 Å². The maximum atomic E-state index is 12.4. The van der Waals surface area contributed by atoms with E-state index < -0.39 is 0 Å². The van der Waals surface area contributed by atoms with E-state index in [2.05, 4.69) is 50.6 Å². The van der Waals surface area contributed by atoms with Gasteiger partial charge in [-0.1, -0.05) is 48.9 Å². The van der Waals surface area contributed by atoms with E-state index in [1.54, 1.807) is 6.34 Å². The molecule has 2 unspecified atom stereocenters. The van der Waals surface area contributed by atoms with Crippen molar-refractivity contribution in [3.8, 4) is 5.75 Å². The quantitative estimate of drug-likeness (QED) is 0.520. The Kier molecular flexibility index (Phi) is 7.63. The maximum absolute atomic E-state index is 12.4. The number of nitrogens with two attached hydrogens (primary N) is 1. The van der Waals surface area contributed by atoms with Gasteiger partial charge >= 0.3 is 0 Å². The van der Waals surface area contributed by atoms with Gasteiger partial charge < -0.3 is 20.7 Å². The molecule has 8 heteroatoms. The van der Waals surface area contributed by atoms with Crippen molar-refractivity contribution in [1.29, 1.82) is 0 Å². The molecule has 2 atom stereocenters. The average molecular weight is 527 g/mol. The summed E-state index contributed by atoms with van der Waals surface area (Å²) in [7, 11) is 0. The van der Waals surface area contributed by atoms with Crippen LogP contribution in [0.25, 0.3) is 5.57 Å². The lowest BCUT2D eigenvalue weighted by Gasteiger charge is -2.44. The molecular formula is C31H38N6O2. The van der Waals surface area contributed by atoms with Gasteiger partial charge in [-0.15, -0.1) is 0 Å². The number of amides is 1. The molecule has 2 fully saturated rings. The molecule has 1 saturated carbocycles. The highest BCUT2D eigenvalue weighted by atomic mass is 16.5. The highest BCUT2D eigenvalue weighted by molar-refractivity contribution is 6.01. The van der Waals surface area contributed by atoms with E-state index in [1.165, 1.54) is 19.3 Å². The van der Waals surface area contributed by atoms with Crippen molar-refractivity contribution >= 4 is 23.7 Å². The van der Waals surface area contributed by atoms with E-state index in [4.69, 9.17) is 15.5 Å². The highest BCUT2D eigenvalue weighted by Gasteiger charge is 2.45. The minimum atomic E-state index is -0.0809. The lowest BCUT2D eigenvalue weighted by atomic mass is 9.79. The van der Waals surface area contributed by atoms with Crippen LogP contribution in [0.5, 0.6) is 5.75 Å². The van der Waals surface area contributed by atoms with Crippen molar-refractivity contribution in [2.45, 2.75) is 50.9 Å². The first kappa shape index (κ1) is 25.6. The monoisotopic (exact) mass is 526 g/mol. The Bertz CT molecular complexity index is 1250. The molecule has 6 rings (SSSR count). The minimum Gasteiger partial charge on any atom is -0.489 e. The number of rotatable bonds is 9. The molecule has 2 aromatic rings. The van der Waals surface area contributed by atoms with Gasteiger partial charge in [0.25, 0.3) is 0 Å². The summed E-state index contributed by atoms with van der Waals surface area (Å²) in [5.41, 5.74) is 9.77. The van der Waals surface area contributed by atoms with E-state index in [9.17, 15) is 4.79 Å². The first-order valence-corrected chi connectivity index (χ1v) is 14.2. The molecule has 1 saturated heterocycles. The molecule has 2 aromatic carbocycles. The fourth-order valence-corrected chi connectivity index (χ4v) is 6.20. The van der Waals surface area contributed by atoms with Crippen molar-refractivity contribution in [3.63, 3.8) is 0 Å². The highest BCUT2D eigenvalue weighted by Crippen LogP contribution is 2.44. The topological polar surface area (TPSA) is 95.5 Å². The van der Waals surface area contributed by atoms with Gasteiger partial charge in [0, 0.05) is 18.8 Å². The Labute approximate surface area is 230 Å². The number of benzene rings is 2. The van der Waals surface area contributed by atoms with Crippen LogP contribution in [0.4, 0.5) is 0 Å². The average Bonchev–Trinajstić information content (AvgIpc) is 3.33. The number of amidine groups is 1. The van der Waals surface area contributed by atoms with Crippen molar-refractivity contribution in [2.24, 2.45) is 27.6 Å². The molecule has 39 heavy (non-hydrogen) atoms. The fraction of sp³-hybridized carbons (Fsp3) is 0.452. The molecule has 1 aliphatic carbocycles. The summed E-state index contributed by atoms with van der Waals surface area (Å²) in [6, 6.07) is 18.8. The summed E-state index contributed by atoms with van der Waals surface area (Å²) in [6.45, 7) is 3.88. The number of carbonyl (C=O) groups excluding carboxylic acids is 1. The van der Waals surface area contributed by atoms with Crippen LogP contribution < -0.4 is 15.8 Å². The van der Waals surface area contributed by atoms with Crippen molar-refractivity contribution < 1.29 is 9.53 Å². The number of nitrogens with zero attached hydrogens (tertiary/aromatic N) is 4. The molecule has 3 heterocycles. The second kappa shape index (κ2) is 11.6. The predicted octanol–water partition coefficient (Wildman–Crippen LogP) is 3.64. The number of likely N-dealkylation sites (tertiary alicyclic amines) is 1. The molecule has 0 spiro atoms. The maximum Gasteiger partial charge on any atom is 0.234 e. The third-order valence-electron chi connectivity index (χ3n) is 8.42. The summed E-state index contributed by atoms with van der Waals surface area (Å²) >= 11 is 0. The summed E-state index contributed by atoms with van der Waals surface area (Å²) in [4.78, 5) is 26.2. The van der Waals surface area contributed by atoms with Crippen LogP contribution in [0.1, 0.15) is 43.2 Å². The van der Waals surface area contributed by atoms with E-state index in [-0.39, 0.29) is 18.0 Å². The Morgan fingerprint density at radius 1 is 1.05 bits per heavy atom. The molecule has 8 nitrogen and oxygen atoms in total. The third-order valence-corrected chi connectivity index (χ3v) is 8.42. The Hall–Kier alpha value is -3.65. The zero-order valence-corrected chi connectivity index (χ0v) is 22.4. The van der Waals surface area contributed by atoms with Crippen LogP contribution in [-0.2, 0) is 11.4 Å². The van der Waals surface area contributed by atoms with Crippen molar-refractivity contribution in [2.75, 3.05) is 26.2 Å². The molecule has 3 N–H and O–H groups in total. The van der Waals surface area contributed by atoms with Crippen molar-refractivity contribution in [1.82, 2.24) is 15.1 Å². The van der Waals surface area contributed by atoms with Gasteiger partial charge in [0.1, 0.15) is 30.7 Å². The number of aliphatic imine (C=N–C) groups is 2. The van der Waals surface area contributed by atoms with Crippen molar-refractivity contribution in [3.05, 3.63) is 71.9 Å². The van der Waals surface area contributed by atoms with E-state index in [1.807, 2.05) is 30.3 Å². The van der Waals surface area contributed by atoms with Crippen LogP contribution in [-0.4, -0.2) is 66.3 Å². The van der Waals surface area contributed by atoms with Gasteiger partial charge in [0.05, 0.1) is 12.5 Å². The largest absolute Gasteiger partial charge is 0.489 e. The summed E-state index contributed by atoms with van der Waals surface area (Å²) in [5.74, 6) is 1.98. The summed E-state index contributed by atoms with van der Waals surface area (Å²) in [6.07, 6.45) is 9.50. The van der Waals surface area contributed by atoms with Crippen LogP contribution in [0.3, 0.4) is 0 Å². The van der Waals surface area contributed by atoms with Crippen LogP contribution in [0.15, 0.2) is 70.8 Å². The molecule has 0 aromatic heterocycles.